The van der Waals surface area contributed by atoms with E-state index >= 15 is 0 Å². The molecule has 0 amide bonds. The number of hydrogen-bond donors (Lipinski definition) is 1. The molecule has 0 aliphatic rings. The molecule has 0 spiro atoms. The van der Waals surface area contributed by atoms with Crippen molar-refractivity contribution < 1.29 is 8.42 Å². The second-order valence-corrected chi connectivity index (χ2v) is 7.32. The van der Waals surface area contributed by atoms with Crippen LogP contribution >= 0.6 is 0 Å². The molecule has 5 nitrogen and oxygen atoms in total. The molecular weight excluding hydrogens is 262 g/mol. The molecule has 0 radical (unpaired) electrons. The fourth-order valence-electron chi connectivity index (χ4n) is 2.13. The van der Waals surface area contributed by atoms with Gasteiger partial charge in [-0.25, -0.2) is 8.42 Å². The number of nitrogens with zero attached hydrogens (tertiary/aromatic N) is 2. The molecule has 0 saturated heterocycles. The van der Waals surface area contributed by atoms with Crippen molar-refractivity contribution in [2.45, 2.75) is 52.2 Å². The van der Waals surface area contributed by atoms with Crippen LogP contribution in [0.2, 0.25) is 0 Å². The van der Waals surface area contributed by atoms with Gasteiger partial charge in [0.2, 0.25) is 0 Å². The van der Waals surface area contributed by atoms with Crippen molar-refractivity contribution in [2.24, 2.45) is 0 Å². The first-order valence-electron chi connectivity index (χ1n) is 6.80. The van der Waals surface area contributed by atoms with Crippen LogP contribution in [0.15, 0.2) is 12.3 Å². The Hall–Kier alpha value is -0.880. The van der Waals surface area contributed by atoms with Gasteiger partial charge in [-0.05, 0) is 25.8 Å². The van der Waals surface area contributed by atoms with Crippen molar-refractivity contribution in [3.63, 3.8) is 0 Å². The highest BCUT2D eigenvalue weighted by atomic mass is 32.2. The van der Waals surface area contributed by atoms with Gasteiger partial charge < -0.3 is 5.32 Å². The average molecular weight is 287 g/mol. The molecule has 1 aromatic heterocycles. The van der Waals surface area contributed by atoms with Crippen LogP contribution in [0.4, 0.5) is 0 Å². The standard InChI is InChI=1S/C13H25N3O2S/c1-5-13(6-2)16-8-7-12(15-16)9-14-11(3)10-19(4,17)18/h7-8,11,13-14H,5-6,9-10H2,1-4H3. The SMILES string of the molecule is CCC(CC)n1ccc(CNC(C)CS(C)(=O)=O)n1. The van der Waals surface area contributed by atoms with E-state index in [4.69, 9.17) is 0 Å². The summed E-state index contributed by atoms with van der Waals surface area (Å²) >= 11 is 0. The lowest BCUT2D eigenvalue weighted by atomic mass is 10.2. The number of rotatable bonds is 8. The van der Waals surface area contributed by atoms with Crippen molar-refractivity contribution in [3.05, 3.63) is 18.0 Å². The van der Waals surface area contributed by atoms with E-state index in [0.29, 0.717) is 12.6 Å². The maximum absolute atomic E-state index is 11.2. The minimum absolute atomic E-state index is 0.0618. The van der Waals surface area contributed by atoms with Gasteiger partial charge in [0.05, 0.1) is 17.5 Å². The van der Waals surface area contributed by atoms with Crippen molar-refractivity contribution in [3.8, 4) is 0 Å². The Labute approximate surface area is 116 Å². The van der Waals surface area contributed by atoms with Crippen molar-refractivity contribution in [1.29, 1.82) is 0 Å². The van der Waals surface area contributed by atoms with Crippen LogP contribution in [0.25, 0.3) is 0 Å². The largest absolute Gasteiger partial charge is 0.308 e. The average Bonchev–Trinajstić information content (AvgIpc) is 2.75. The van der Waals surface area contributed by atoms with Crippen molar-refractivity contribution >= 4 is 9.84 Å². The van der Waals surface area contributed by atoms with Gasteiger partial charge in [-0.1, -0.05) is 13.8 Å². The summed E-state index contributed by atoms with van der Waals surface area (Å²) in [5.74, 6) is 0.153. The Morgan fingerprint density at radius 1 is 1.37 bits per heavy atom. The number of hydrogen-bond acceptors (Lipinski definition) is 4. The molecule has 1 atom stereocenters. The Morgan fingerprint density at radius 2 is 2.00 bits per heavy atom. The lowest BCUT2D eigenvalue weighted by Gasteiger charge is -2.13. The molecule has 0 fully saturated rings. The Morgan fingerprint density at radius 3 is 2.53 bits per heavy atom. The second-order valence-electron chi connectivity index (χ2n) is 5.13. The van der Waals surface area contributed by atoms with Crippen LogP contribution in [0.3, 0.4) is 0 Å². The van der Waals surface area contributed by atoms with Crippen LogP contribution in [-0.4, -0.2) is 36.2 Å². The van der Waals surface area contributed by atoms with Crippen LogP contribution < -0.4 is 5.32 Å². The van der Waals surface area contributed by atoms with Crippen LogP contribution in [0.1, 0.15) is 45.3 Å². The smallest absolute Gasteiger partial charge is 0.148 e. The lowest BCUT2D eigenvalue weighted by molar-refractivity contribution is 0.423. The minimum Gasteiger partial charge on any atom is -0.308 e. The van der Waals surface area contributed by atoms with Gasteiger partial charge >= 0.3 is 0 Å². The molecule has 19 heavy (non-hydrogen) atoms. The van der Waals surface area contributed by atoms with E-state index in [2.05, 4.69) is 24.3 Å². The molecule has 6 heteroatoms. The number of aromatic nitrogens is 2. The van der Waals surface area contributed by atoms with Gasteiger partial charge in [-0.3, -0.25) is 4.68 Å². The van der Waals surface area contributed by atoms with Gasteiger partial charge in [0.1, 0.15) is 9.84 Å². The third-order valence-electron chi connectivity index (χ3n) is 3.16. The molecule has 1 aromatic rings. The lowest BCUT2D eigenvalue weighted by Crippen LogP contribution is -2.32. The highest BCUT2D eigenvalue weighted by Gasteiger charge is 2.11. The Bertz CT molecular complexity index is 478. The zero-order chi connectivity index (χ0) is 14.5. The first kappa shape index (κ1) is 16.2. The van der Waals surface area contributed by atoms with Crippen LogP contribution in [0, 0.1) is 0 Å². The van der Waals surface area contributed by atoms with E-state index in [0.717, 1.165) is 18.5 Å². The summed E-state index contributed by atoms with van der Waals surface area (Å²) in [6.45, 7) is 6.78. The summed E-state index contributed by atoms with van der Waals surface area (Å²) in [6, 6.07) is 2.37. The van der Waals surface area contributed by atoms with Gasteiger partial charge in [0.25, 0.3) is 0 Å². The first-order chi connectivity index (χ1) is 8.85. The van der Waals surface area contributed by atoms with Gasteiger partial charge in [-0.2, -0.15) is 5.10 Å². The Balaban J connectivity index is 2.50. The normalized spacial score (nSPS) is 13.9. The molecule has 0 aromatic carbocycles. The molecule has 1 rings (SSSR count). The molecule has 1 unspecified atom stereocenters. The number of sulfone groups is 1. The molecule has 1 heterocycles. The molecule has 0 saturated carbocycles. The predicted molar refractivity (Wildman–Crippen MR) is 77.9 cm³/mol. The highest BCUT2D eigenvalue weighted by Crippen LogP contribution is 2.14. The van der Waals surface area contributed by atoms with E-state index in [1.165, 1.54) is 6.26 Å². The summed E-state index contributed by atoms with van der Waals surface area (Å²) in [5.41, 5.74) is 0.951. The molecule has 0 aliphatic carbocycles. The third kappa shape index (κ3) is 5.74. The van der Waals surface area contributed by atoms with Crippen molar-refractivity contribution in [2.75, 3.05) is 12.0 Å². The third-order valence-corrected chi connectivity index (χ3v) is 4.27. The molecule has 1 N–H and O–H groups in total. The van der Waals surface area contributed by atoms with E-state index < -0.39 is 9.84 Å². The molecule has 110 valence electrons. The maximum atomic E-state index is 11.2. The van der Waals surface area contributed by atoms with Crippen LogP contribution in [-0.2, 0) is 16.4 Å². The quantitative estimate of drug-likeness (QED) is 0.791. The monoisotopic (exact) mass is 287 g/mol. The minimum atomic E-state index is -2.93. The predicted octanol–water partition coefficient (Wildman–Crippen LogP) is 1.77. The summed E-state index contributed by atoms with van der Waals surface area (Å²) < 4.78 is 24.3. The highest BCUT2D eigenvalue weighted by molar-refractivity contribution is 7.90. The molecular formula is C13H25N3O2S. The summed E-state index contributed by atoms with van der Waals surface area (Å²) in [7, 11) is -2.93. The van der Waals surface area contributed by atoms with E-state index in [1.807, 2.05) is 23.9 Å². The maximum Gasteiger partial charge on any atom is 0.148 e. The topological polar surface area (TPSA) is 64.0 Å². The summed E-state index contributed by atoms with van der Waals surface area (Å²) in [4.78, 5) is 0. The van der Waals surface area contributed by atoms with E-state index in [-0.39, 0.29) is 11.8 Å². The summed E-state index contributed by atoms with van der Waals surface area (Å²) in [5, 5.41) is 7.71. The molecule has 0 bridgehead atoms. The van der Waals surface area contributed by atoms with E-state index in [1.54, 1.807) is 0 Å². The second kappa shape index (κ2) is 7.05. The first-order valence-corrected chi connectivity index (χ1v) is 8.86. The zero-order valence-electron chi connectivity index (χ0n) is 12.3. The molecule has 0 aliphatic heterocycles. The van der Waals surface area contributed by atoms with Gasteiger partial charge in [0, 0.05) is 25.0 Å². The fourth-order valence-corrected chi connectivity index (χ4v) is 3.16. The van der Waals surface area contributed by atoms with Crippen molar-refractivity contribution in [1.82, 2.24) is 15.1 Å². The van der Waals surface area contributed by atoms with Crippen LogP contribution in [0.5, 0.6) is 0 Å². The zero-order valence-corrected chi connectivity index (χ0v) is 13.1. The van der Waals surface area contributed by atoms with Gasteiger partial charge in [0.15, 0.2) is 0 Å². The summed E-state index contributed by atoms with van der Waals surface area (Å²) in [6.07, 6.45) is 5.38. The Kier molecular flexibility index (Phi) is 6.00. The number of nitrogens with one attached hydrogen (secondary N) is 1. The fraction of sp³-hybridized carbons (Fsp3) is 0.769. The van der Waals surface area contributed by atoms with Gasteiger partial charge in [-0.15, -0.1) is 0 Å². The van der Waals surface area contributed by atoms with E-state index in [9.17, 15) is 8.42 Å².